The van der Waals surface area contributed by atoms with E-state index in [-0.39, 0.29) is 5.91 Å². The lowest BCUT2D eigenvalue weighted by Crippen LogP contribution is -2.39. The number of halogens is 1. The van der Waals surface area contributed by atoms with Crippen molar-refractivity contribution in [2.75, 3.05) is 18.4 Å². The molecule has 0 bridgehead atoms. The van der Waals surface area contributed by atoms with Gasteiger partial charge in [-0.15, -0.1) is 10.2 Å². The van der Waals surface area contributed by atoms with Crippen LogP contribution in [0.15, 0.2) is 36.4 Å². The third-order valence-corrected chi connectivity index (χ3v) is 4.47. The number of carbonyl (C=O) groups is 1. The quantitative estimate of drug-likeness (QED) is 0.920. The number of amides is 1. The molecule has 24 heavy (non-hydrogen) atoms. The summed E-state index contributed by atoms with van der Waals surface area (Å²) in [5.74, 6) is 1.17. The van der Waals surface area contributed by atoms with Gasteiger partial charge in [-0.1, -0.05) is 30.7 Å². The van der Waals surface area contributed by atoms with Crippen molar-refractivity contribution < 1.29 is 4.79 Å². The highest BCUT2D eigenvalue weighted by molar-refractivity contribution is 6.30. The molecular formula is C18H21ClN4O. The molecule has 2 aromatic rings. The van der Waals surface area contributed by atoms with Gasteiger partial charge >= 0.3 is 0 Å². The zero-order chi connectivity index (χ0) is 16.9. The molecule has 1 saturated heterocycles. The van der Waals surface area contributed by atoms with Crippen molar-refractivity contribution >= 4 is 23.3 Å². The summed E-state index contributed by atoms with van der Waals surface area (Å²) in [6.45, 7) is 4.41. The molecule has 1 aromatic carbocycles. The Morgan fingerprint density at radius 2 is 2.04 bits per heavy atom. The molecule has 1 fully saturated rings. The van der Waals surface area contributed by atoms with Crippen molar-refractivity contribution in [3.05, 3.63) is 52.7 Å². The SMILES string of the molecule is CC1CCCN(C(=O)c2ccc(NCc3ccc(Cl)cc3)nn2)C1. The second kappa shape index (κ2) is 7.62. The fourth-order valence-electron chi connectivity index (χ4n) is 2.87. The highest BCUT2D eigenvalue weighted by Crippen LogP contribution is 2.17. The van der Waals surface area contributed by atoms with Crippen LogP contribution >= 0.6 is 11.6 Å². The Hall–Kier alpha value is -2.14. The Labute approximate surface area is 147 Å². The summed E-state index contributed by atoms with van der Waals surface area (Å²) < 4.78 is 0. The van der Waals surface area contributed by atoms with E-state index in [1.54, 1.807) is 12.1 Å². The Bertz CT molecular complexity index is 687. The first-order valence-electron chi connectivity index (χ1n) is 8.23. The van der Waals surface area contributed by atoms with Crippen LogP contribution in [0.2, 0.25) is 5.02 Å². The maximum Gasteiger partial charge on any atom is 0.274 e. The second-order valence-corrected chi connectivity index (χ2v) is 6.72. The van der Waals surface area contributed by atoms with Gasteiger partial charge < -0.3 is 10.2 Å². The smallest absolute Gasteiger partial charge is 0.274 e. The maximum absolute atomic E-state index is 12.5. The molecule has 0 radical (unpaired) electrons. The van der Waals surface area contributed by atoms with Gasteiger partial charge in [0.1, 0.15) is 5.82 Å². The van der Waals surface area contributed by atoms with Crippen LogP contribution in [-0.2, 0) is 6.54 Å². The van der Waals surface area contributed by atoms with E-state index >= 15 is 0 Å². The molecule has 1 unspecified atom stereocenters. The fraction of sp³-hybridized carbons (Fsp3) is 0.389. The average Bonchev–Trinajstić information content (AvgIpc) is 2.61. The number of piperidine rings is 1. The van der Waals surface area contributed by atoms with E-state index in [1.807, 2.05) is 29.2 Å². The van der Waals surface area contributed by atoms with Crippen molar-refractivity contribution in [3.8, 4) is 0 Å². The van der Waals surface area contributed by atoms with Gasteiger partial charge in [0, 0.05) is 24.7 Å². The van der Waals surface area contributed by atoms with Crippen LogP contribution < -0.4 is 5.32 Å². The number of nitrogens with one attached hydrogen (secondary N) is 1. The summed E-state index contributed by atoms with van der Waals surface area (Å²) in [5, 5.41) is 12.1. The molecule has 1 aromatic heterocycles. The predicted octanol–water partition coefficient (Wildman–Crippen LogP) is 3.61. The fourth-order valence-corrected chi connectivity index (χ4v) is 3.00. The average molecular weight is 345 g/mol. The van der Waals surface area contributed by atoms with Gasteiger partial charge in [0.15, 0.2) is 5.69 Å². The first kappa shape index (κ1) is 16.7. The van der Waals surface area contributed by atoms with Crippen LogP contribution in [-0.4, -0.2) is 34.1 Å². The highest BCUT2D eigenvalue weighted by atomic mass is 35.5. The molecule has 1 N–H and O–H groups in total. The standard InChI is InChI=1S/C18H21ClN4O/c1-13-3-2-10-23(12-13)18(24)16-8-9-17(22-21-16)20-11-14-4-6-15(19)7-5-14/h4-9,13H,2-3,10-12H2,1H3,(H,20,22). The number of rotatable bonds is 4. The topological polar surface area (TPSA) is 58.1 Å². The first-order chi connectivity index (χ1) is 11.6. The van der Waals surface area contributed by atoms with E-state index in [4.69, 9.17) is 11.6 Å². The third-order valence-electron chi connectivity index (χ3n) is 4.21. The molecule has 5 nitrogen and oxygen atoms in total. The number of aromatic nitrogens is 2. The number of benzene rings is 1. The van der Waals surface area contributed by atoms with Gasteiger partial charge in [-0.25, -0.2) is 0 Å². The maximum atomic E-state index is 12.5. The van der Waals surface area contributed by atoms with Crippen molar-refractivity contribution in [2.24, 2.45) is 5.92 Å². The van der Waals surface area contributed by atoms with Crippen molar-refractivity contribution in [2.45, 2.75) is 26.3 Å². The van der Waals surface area contributed by atoms with Gasteiger partial charge in [-0.05, 0) is 48.6 Å². The van der Waals surface area contributed by atoms with E-state index in [0.29, 0.717) is 29.0 Å². The number of hydrogen-bond acceptors (Lipinski definition) is 4. The van der Waals surface area contributed by atoms with Crippen LogP contribution in [0.4, 0.5) is 5.82 Å². The molecule has 2 heterocycles. The van der Waals surface area contributed by atoms with Crippen molar-refractivity contribution in [1.82, 2.24) is 15.1 Å². The Morgan fingerprint density at radius 3 is 2.71 bits per heavy atom. The first-order valence-corrected chi connectivity index (χ1v) is 8.61. The number of anilines is 1. The van der Waals surface area contributed by atoms with E-state index in [2.05, 4.69) is 22.4 Å². The molecular weight excluding hydrogens is 324 g/mol. The summed E-state index contributed by atoms with van der Waals surface area (Å²) in [4.78, 5) is 14.3. The summed E-state index contributed by atoms with van der Waals surface area (Å²) in [6.07, 6.45) is 2.24. The molecule has 0 spiro atoms. The molecule has 1 aliphatic rings. The largest absolute Gasteiger partial charge is 0.365 e. The van der Waals surface area contributed by atoms with Crippen molar-refractivity contribution in [1.29, 1.82) is 0 Å². The lowest BCUT2D eigenvalue weighted by Gasteiger charge is -2.30. The molecule has 1 aliphatic heterocycles. The Balaban J connectivity index is 1.58. The minimum Gasteiger partial charge on any atom is -0.365 e. The van der Waals surface area contributed by atoms with Crippen LogP contribution in [0.5, 0.6) is 0 Å². The van der Waals surface area contributed by atoms with Gasteiger partial charge in [0.2, 0.25) is 0 Å². The minimum atomic E-state index is -0.0294. The lowest BCUT2D eigenvalue weighted by molar-refractivity contribution is 0.0676. The van der Waals surface area contributed by atoms with Crippen LogP contribution in [0.1, 0.15) is 35.8 Å². The zero-order valence-corrected chi connectivity index (χ0v) is 14.5. The van der Waals surface area contributed by atoms with Gasteiger partial charge in [-0.2, -0.15) is 0 Å². The molecule has 0 saturated carbocycles. The number of nitrogens with zero attached hydrogens (tertiary/aromatic N) is 3. The number of likely N-dealkylation sites (tertiary alicyclic amines) is 1. The second-order valence-electron chi connectivity index (χ2n) is 6.28. The van der Waals surface area contributed by atoms with Crippen molar-refractivity contribution in [3.63, 3.8) is 0 Å². The number of carbonyl (C=O) groups excluding carboxylic acids is 1. The molecule has 126 valence electrons. The zero-order valence-electron chi connectivity index (χ0n) is 13.7. The van der Waals surface area contributed by atoms with E-state index < -0.39 is 0 Å². The van der Waals surface area contributed by atoms with Gasteiger partial charge in [0.05, 0.1) is 0 Å². The summed E-state index contributed by atoms with van der Waals surface area (Å²) in [6, 6.07) is 11.1. The Morgan fingerprint density at radius 1 is 1.25 bits per heavy atom. The highest BCUT2D eigenvalue weighted by Gasteiger charge is 2.23. The molecule has 3 rings (SSSR count). The van der Waals surface area contributed by atoms with E-state index in [9.17, 15) is 4.79 Å². The molecule has 1 amide bonds. The third kappa shape index (κ3) is 4.23. The van der Waals surface area contributed by atoms with Gasteiger partial charge in [-0.3, -0.25) is 4.79 Å². The van der Waals surface area contributed by atoms with Crippen LogP contribution in [0.25, 0.3) is 0 Å². The van der Waals surface area contributed by atoms with Crippen LogP contribution in [0.3, 0.4) is 0 Å². The summed E-state index contributed by atoms with van der Waals surface area (Å²) in [5.41, 5.74) is 1.50. The van der Waals surface area contributed by atoms with Crippen LogP contribution in [0, 0.1) is 5.92 Å². The van der Waals surface area contributed by atoms with E-state index in [1.165, 1.54) is 6.42 Å². The molecule has 1 atom stereocenters. The minimum absolute atomic E-state index is 0.0294. The molecule has 0 aliphatic carbocycles. The Kier molecular flexibility index (Phi) is 5.30. The van der Waals surface area contributed by atoms with Gasteiger partial charge in [0.25, 0.3) is 5.91 Å². The number of hydrogen-bond donors (Lipinski definition) is 1. The lowest BCUT2D eigenvalue weighted by atomic mass is 10.00. The monoisotopic (exact) mass is 344 g/mol. The van der Waals surface area contributed by atoms with E-state index in [0.717, 1.165) is 25.1 Å². The molecule has 6 heteroatoms. The summed E-state index contributed by atoms with van der Waals surface area (Å²) in [7, 11) is 0. The normalized spacial score (nSPS) is 17.6. The predicted molar refractivity (Wildman–Crippen MR) is 95.1 cm³/mol. The summed E-state index contributed by atoms with van der Waals surface area (Å²) >= 11 is 5.87.